The molecule has 0 radical (unpaired) electrons. The molecule has 0 fully saturated rings. The molecular weight excluding hydrogens is 274 g/mol. The van der Waals surface area contributed by atoms with Crippen LogP contribution in [0, 0.1) is 0 Å². The highest BCUT2D eigenvalue weighted by Gasteiger charge is 2.13. The summed E-state index contributed by atoms with van der Waals surface area (Å²) in [5.41, 5.74) is 13.1. The first-order chi connectivity index (χ1) is 9.66. The first-order valence-corrected chi connectivity index (χ1v) is 6.70. The number of primary amides is 1. The van der Waals surface area contributed by atoms with Crippen molar-refractivity contribution < 1.29 is 4.79 Å². The number of rotatable bonds is 3. The summed E-state index contributed by atoms with van der Waals surface area (Å²) in [5, 5.41) is 10.1. The standard InChI is InChI=1S/C13H11N5OS/c14-12-11(10-2-1-7-20-10)16-17-18(12)9-5-3-8(4-6-9)13(15)19/h1-7H,14H2,(H2,15,19). The van der Waals surface area contributed by atoms with Crippen molar-refractivity contribution >= 4 is 23.1 Å². The van der Waals surface area contributed by atoms with E-state index >= 15 is 0 Å². The lowest BCUT2D eigenvalue weighted by atomic mass is 10.2. The second-order valence-electron chi connectivity index (χ2n) is 4.12. The van der Waals surface area contributed by atoms with E-state index in [0.717, 1.165) is 10.6 Å². The molecule has 100 valence electrons. The van der Waals surface area contributed by atoms with Crippen LogP contribution in [0.4, 0.5) is 5.82 Å². The van der Waals surface area contributed by atoms with Gasteiger partial charge in [-0.3, -0.25) is 4.79 Å². The van der Waals surface area contributed by atoms with Gasteiger partial charge in [-0.15, -0.1) is 16.4 Å². The first kappa shape index (κ1) is 12.4. The zero-order chi connectivity index (χ0) is 14.1. The minimum absolute atomic E-state index is 0.436. The molecule has 2 aromatic heterocycles. The third kappa shape index (κ3) is 2.04. The molecule has 0 unspecified atom stereocenters. The van der Waals surface area contributed by atoms with E-state index in [4.69, 9.17) is 11.5 Å². The number of hydrogen-bond donors (Lipinski definition) is 2. The van der Waals surface area contributed by atoms with Gasteiger partial charge < -0.3 is 11.5 Å². The fourth-order valence-corrected chi connectivity index (χ4v) is 2.55. The van der Waals surface area contributed by atoms with Gasteiger partial charge >= 0.3 is 0 Å². The van der Waals surface area contributed by atoms with Crippen molar-refractivity contribution in [2.24, 2.45) is 5.73 Å². The van der Waals surface area contributed by atoms with Gasteiger partial charge in [0.15, 0.2) is 5.82 Å². The van der Waals surface area contributed by atoms with Crippen LogP contribution in [0.25, 0.3) is 16.3 Å². The Morgan fingerprint density at radius 1 is 1.20 bits per heavy atom. The highest BCUT2D eigenvalue weighted by Crippen LogP contribution is 2.28. The van der Waals surface area contributed by atoms with E-state index < -0.39 is 5.91 Å². The summed E-state index contributed by atoms with van der Waals surface area (Å²) in [6, 6.07) is 10.6. The molecule has 0 bridgehead atoms. The lowest BCUT2D eigenvalue weighted by Crippen LogP contribution is -2.11. The number of amides is 1. The number of thiophene rings is 1. The SMILES string of the molecule is NC(=O)c1ccc(-n2nnc(-c3cccs3)c2N)cc1. The van der Waals surface area contributed by atoms with Crippen molar-refractivity contribution in [3.05, 3.63) is 47.3 Å². The summed E-state index contributed by atoms with van der Waals surface area (Å²) >= 11 is 1.55. The average molecular weight is 285 g/mol. The molecule has 0 saturated heterocycles. The molecule has 0 atom stereocenters. The maximum absolute atomic E-state index is 11.0. The van der Waals surface area contributed by atoms with E-state index in [0.29, 0.717) is 17.1 Å². The number of benzene rings is 1. The normalized spacial score (nSPS) is 10.6. The Labute approximate surface area is 118 Å². The number of anilines is 1. The van der Waals surface area contributed by atoms with Crippen molar-refractivity contribution in [3.63, 3.8) is 0 Å². The van der Waals surface area contributed by atoms with Gasteiger partial charge in [0.05, 0.1) is 10.6 Å². The van der Waals surface area contributed by atoms with Gasteiger partial charge in [0.25, 0.3) is 0 Å². The number of nitrogens with two attached hydrogens (primary N) is 2. The van der Waals surface area contributed by atoms with Crippen LogP contribution in [0.1, 0.15) is 10.4 Å². The molecule has 1 amide bonds. The molecule has 1 aromatic carbocycles. The molecule has 2 heterocycles. The second-order valence-corrected chi connectivity index (χ2v) is 5.07. The van der Waals surface area contributed by atoms with Crippen LogP contribution in [0.2, 0.25) is 0 Å². The smallest absolute Gasteiger partial charge is 0.248 e. The van der Waals surface area contributed by atoms with Crippen LogP contribution in [0.5, 0.6) is 0 Å². The molecule has 0 spiro atoms. The van der Waals surface area contributed by atoms with Gasteiger partial charge in [-0.1, -0.05) is 11.3 Å². The van der Waals surface area contributed by atoms with Crippen LogP contribution in [-0.4, -0.2) is 20.9 Å². The quantitative estimate of drug-likeness (QED) is 0.764. The van der Waals surface area contributed by atoms with Crippen LogP contribution in [-0.2, 0) is 0 Å². The Balaban J connectivity index is 2.01. The van der Waals surface area contributed by atoms with E-state index in [-0.39, 0.29) is 0 Å². The van der Waals surface area contributed by atoms with Gasteiger partial charge in [0.2, 0.25) is 5.91 Å². The number of nitrogen functional groups attached to an aromatic ring is 1. The highest BCUT2D eigenvalue weighted by molar-refractivity contribution is 7.13. The third-order valence-corrected chi connectivity index (χ3v) is 3.73. The summed E-state index contributed by atoms with van der Waals surface area (Å²) in [7, 11) is 0. The summed E-state index contributed by atoms with van der Waals surface area (Å²) in [4.78, 5) is 12.0. The number of aromatic nitrogens is 3. The largest absolute Gasteiger partial charge is 0.382 e. The molecule has 20 heavy (non-hydrogen) atoms. The maximum atomic E-state index is 11.0. The van der Waals surface area contributed by atoms with Crippen LogP contribution >= 0.6 is 11.3 Å². The minimum Gasteiger partial charge on any atom is -0.382 e. The van der Waals surface area contributed by atoms with E-state index in [1.54, 1.807) is 35.6 Å². The van der Waals surface area contributed by atoms with Crippen molar-refractivity contribution in [2.45, 2.75) is 0 Å². The lowest BCUT2D eigenvalue weighted by Gasteiger charge is -2.03. The maximum Gasteiger partial charge on any atom is 0.248 e. The van der Waals surface area contributed by atoms with Crippen LogP contribution in [0.15, 0.2) is 41.8 Å². The lowest BCUT2D eigenvalue weighted by molar-refractivity contribution is 0.100. The fraction of sp³-hybridized carbons (Fsp3) is 0. The second kappa shape index (κ2) is 4.78. The number of carbonyl (C=O) groups is 1. The molecule has 3 aromatic rings. The van der Waals surface area contributed by atoms with E-state index in [9.17, 15) is 4.79 Å². The van der Waals surface area contributed by atoms with Crippen molar-refractivity contribution in [3.8, 4) is 16.3 Å². The van der Waals surface area contributed by atoms with Gasteiger partial charge in [0.1, 0.15) is 5.69 Å². The molecule has 3 rings (SSSR count). The number of hydrogen-bond acceptors (Lipinski definition) is 5. The Morgan fingerprint density at radius 3 is 2.55 bits per heavy atom. The topological polar surface area (TPSA) is 99.8 Å². The van der Waals surface area contributed by atoms with Gasteiger partial charge in [0, 0.05) is 5.56 Å². The first-order valence-electron chi connectivity index (χ1n) is 5.82. The third-order valence-electron chi connectivity index (χ3n) is 2.86. The van der Waals surface area contributed by atoms with Crippen molar-refractivity contribution in [1.82, 2.24) is 15.0 Å². The summed E-state index contributed by atoms with van der Waals surface area (Å²) < 4.78 is 1.53. The molecule has 0 saturated carbocycles. The average Bonchev–Trinajstić information content (AvgIpc) is 3.08. The molecule has 7 heteroatoms. The van der Waals surface area contributed by atoms with E-state index in [1.807, 2.05) is 17.5 Å². The Hall–Kier alpha value is -2.67. The number of nitrogens with zero attached hydrogens (tertiary/aromatic N) is 3. The predicted octanol–water partition coefficient (Wildman–Crippen LogP) is 1.68. The van der Waals surface area contributed by atoms with Gasteiger partial charge in [-0.05, 0) is 35.7 Å². The van der Waals surface area contributed by atoms with Crippen molar-refractivity contribution in [1.29, 1.82) is 0 Å². The summed E-state index contributed by atoms with van der Waals surface area (Å²) in [6.07, 6.45) is 0. The molecule has 0 aliphatic rings. The molecule has 6 nitrogen and oxygen atoms in total. The predicted molar refractivity (Wildman–Crippen MR) is 77.6 cm³/mol. The molecule has 0 aliphatic heterocycles. The number of carbonyl (C=O) groups excluding carboxylic acids is 1. The molecule has 0 aliphatic carbocycles. The molecule has 4 N–H and O–H groups in total. The monoisotopic (exact) mass is 285 g/mol. The zero-order valence-corrected chi connectivity index (χ0v) is 11.2. The highest BCUT2D eigenvalue weighted by atomic mass is 32.1. The fourth-order valence-electron chi connectivity index (χ4n) is 1.84. The van der Waals surface area contributed by atoms with E-state index in [1.165, 1.54) is 4.68 Å². The summed E-state index contributed by atoms with van der Waals surface area (Å²) in [5.74, 6) is -0.0124. The minimum atomic E-state index is -0.470. The summed E-state index contributed by atoms with van der Waals surface area (Å²) in [6.45, 7) is 0. The van der Waals surface area contributed by atoms with Crippen LogP contribution < -0.4 is 11.5 Å². The Morgan fingerprint density at radius 2 is 1.95 bits per heavy atom. The van der Waals surface area contributed by atoms with Gasteiger partial charge in [-0.2, -0.15) is 4.68 Å². The Bertz CT molecular complexity index is 746. The zero-order valence-electron chi connectivity index (χ0n) is 10.4. The Kier molecular flexibility index (Phi) is 2.96. The van der Waals surface area contributed by atoms with Gasteiger partial charge in [-0.25, -0.2) is 0 Å². The molecular formula is C13H11N5OS. The van der Waals surface area contributed by atoms with Crippen molar-refractivity contribution in [2.75, 3.05) is 5.73 Å². The van der Waals surface area contributed by atoms with E-state index in [2.05, 4.69) is 10.3 Å². The van der Waals surface area contributed by atoms with Crippen LogP contribution in [0.3, 0.4) is 0 Å².